The first kappa shape index (κ1) is 22.3. The van der Waals surface area contributed by atoms with Crippen molar-refractivity contribution >= 4 is 23.3 Å². The van der Waals surface area contributed by atoms with Crippen LogP contribution < -0.4 is 15.4 Å². The van der Waals surface area contributed by atoms with E-state index in [1.807, 2.05) is 13.8 Å². The number of aromatic nitrogens is 2. The van der Waals surface area contributed by atoms with Gasteiger partial charge in [0.25, 0.3) is 0 Å². The zero-order valence-electron chi connectivity index (χ0n) is 18.1. The number of carbonyl (C=O) groups is 2. The van der Waals surface area contributed by atoms with Crippen LogP contribution in [0.15, 0.2) is 43.2 Å². The highest BCUT2D eigenvalue weighted by molar-refractivity contribution is 6.14. The monoisotopic (exact) mass is 423 g/mol. The molecule has 1 atom stereocenters. The SMILES string of the molecule is C=CC(=O)N1CCCC(Nc2ncnc(NCC)c2C(=O)c2ccc(OCC)cc2)C1. The number of benzene rings is 1. The Balaban J connectivity index is 1.89. The lowest BCUT2D eigenvalue weighted by Crippen LogP contribution is -2.44. The molecule has 1 amide bonds. The van der Waals surface area contributed by atoms with Crippen molar-refractivity contribution in [2.45, 2.75) is 32.7 Å². The molecule has 8 heteroatoms. The van der Waals surface area contributed by atoms with Gasteiger partial charge in [0.2, 0.25) is 5.91 Å². The standard InChI is InChI=1S/C23H29N5O3/c1-4-19(29)28-13-7-8-17(14-28)27-23-20(22(24-5-2)25-15-26-23)21(30)16-9-11-18(12-10-16)31-6-3/h4,9-12,15,17H,1,5-8,13-14H2,2-3H3,(H2,24,25,26,27). The fourth-order valence-corrected chi connectivity index (χ4v) is 3.64. The minimum atomic E-state index is -0.183. The van der Waals surface area contributed by atoms with Crippen LogP contribution in [-0.4, -0.2) is 58.8 Å². The van der Waals surface area contributed by atoms with Crippen molar-refractivity contribution in [1.82, 2.24) is 14.9 Å². The number of hydrogen-bond acceptors (Lipinski definition) is 7. The van der Waals surface area contributed by atoms with Crippen LogP contribution in [0.4, 0.5) is 11.6 Å². The molecule has 2 heterocycles. The summed E-state index contributed by atoms with van der Waals surface area (Å²) >= 11 is 0. The van der Waals surface area contributed by atoms with Gasteiger partial charge in [-0.25, -0.2) is 9.97 Å². The Labute approximate surface area is 182 Å². The van der Waals surface area contributed by atoms with Crippen molar-refractivity contribution < 1.29 is 14.3 Å². The Morgan fingerprint density at radius 3 is 2.65 bits per heavy atom. The maximum atomic E-state index is 13.4. The lowest BCUT2D eigenvalue weighted by Gasteiger charge is -2.33. The highest BCUT2D eigenvalue weighted by Crippen LogP contribution is 2.26. The smallest absolute Gasteiger partial charge is 0.246 e. The highest BCUT2D eigenvalue weighted by Gasteiger charge is 2.26. The van der Waals surface area contributed by atoms with Gasteiger partial charge in [0.05, 0.1) is 6.61 Å². The first-order valence-electron chi connectivity index (χ1n) is 10.6. The maximum Gasteiger partial charge on any atom is 0.246 e. The molecule has 0 radical (unpaired) electrons. The number of carbonyl (C=O) groups excluding carboxylic acids is 2. The first-order valence-corrected chi connectivity index (χ1v) is 10.6. The van der Waals surface area contributed by atoms with E-state index in [0.717, 1.165) is 12.8 Å². The number of hydrogen-bond donors (Lipinski definition) is 2. The predicted octanol–water partition coefficient (Wildman–Crippen LogP) is 3.13. The largest absolute Gasteiger partial charge is 0.494 e. The third-order valence-corrected chi connectivity index (χ3v) is 5.09. The van der Waals surface area contributed by atoms with E-state index < -0.39 is 0 Å². The summed E-state index contributed by atoms with van der Waals surface area (Å²) in [5.74, 6) is 1.38. The number of nitrogens with one attached hydrogen (secondary N) is 2. The molecule has 31 heavy (non-hydrogen) atoms. The molecule has 1 saturated heterocycles. The van der Waals surface area contributed by atoms with Crippen LogP contribution >= 0.6 is 0 Å². The number of ketones is 1. The molecule has 164 valence electrons. The molecule has 0 spiro atoms. The number of amides is 1. The summed E-state index contributed by atoms with van der Waals surface area (Å²) in [4.78, 5) is 35.8. The van der Waals surface area contributed by atoms with E-state index in [4.69, 9.17) is 4.74 Å². The maximum absolute atomic E-state index is 13.4. The van der Waals surface area contributed by atoms with Crippen LogP contribution in [0.2, 0.25) is 0 Å². The molecule has 1 aromatic carbocycles. The summed E-state index contributed by atoms with van der Waals surface area (Å²) in [6.07, 6.45) is 4.50. The van der Waals surface area contributed by atoms with Crippen molar-refractivity contribution in [3.8, 4) is 5.75 Å². The fraction of sp³-hybridized carbons (Fsp3) is 0.391. The third kappa shape index (κ3) is 5.39. The second kappa shape index (κ2) is 10.6. The van der Waals surface area contributed by atoms with Crippen molar-refractivity contribution in [3.05, 3.63) is 54.4 Å². The van der Waals surface area contributed by atoms with E-state index in [9.17, 15) is 9.59 Å². The van der Waals surface area contributed by atoms with E-state index in [2.05, 4.69) is 27.2 Å². The number of rotatable bonds is 9. The van der Waals surface area contributed by atoms with Gasteiger partial charge in [0.15, 0.2) is 5.78 Å². The predicted molar refractivity (Wildman–Crippen MR) is 121 cm³/mol. The second-order valence-corrected chi connectivity index (χ2v) is 7.23. The molecule has 1 unspecified atom stereocenters. The average molecular weight is 424 g/mol. The quantitative estimate of drug-likeness (QED) is 0.472. The Hall–Kier alpha value is -3.42. The normalized spacial score (nSPS) is 15.8. The molecule has 8 nitrogen and oxygen atoms in total. The summed E-state index contributed by atoms with van der Waals surface area (Å²) in [7, 11) is 0. The Bertz CT molecular complexity index is 929. The molecule has 1 aromatic heterocycles. The van der Waals surface area contributed by atoms with Crippen LogP contribution in [0, 0.1) is 0 Å². The number of piperidine rings is 1. The fourth-order valence-electron chi connectivity index (χ4n) is 3.64. The summed E-state index contributed by atoms with van der Waals surface area (Å²) in [6, 6.07) is 7.02. The van der Waals surface area contributed by atoms with Crippen LogP contribution in [0.5, 0.6) is 5.75 Å². The molecule has 3 rings (SSSR count). The molecule has 1 aliphatic rings. The van der Waals surface area contributed by atoms with Crippen molar-refractivity contribution in [2.24, 2.45) is 0 Å². The molecule has 0 aliphatic carbocycles. The van der Waals surface area contributed by atoms with Gasteiger partial charge in [-0.05, 0) is 57.0 Å². The molecule has 1 aliphatic heterocycles. The highest BCUT2D eigenvalue weighted by atomic mass is 16.5. The Kier molecular flexibility index (Phi) is 7.59. The molecular formula is C23H29N5O3. The van der Waals surface area contributed by atoms with E-state index in [0.29, 0.717) is 54.8 Å². The number of nitrogens with zero attached hydrogens (tertiary/aromatic N) is 3. The number of ether oxygens (including phenoxy) is 1. The van der Waals surface area contributed by atoms with Gasteiger partial charge in [-0.2, -0.15) is 0 Å². The molecule has 1 fully saturated rings. The van der Waals surface area contributed by atoms with Crippen LogP contribution in [-0.2, 0) is 4.79 Å². The van der Waals surface area contributed by atoms with E-state index >= 15 is 0 Å². The summed E-state index contributed by atoms with van der Waals surface area (Å²) < 4.78 is 5.47. The average Bonchev–Trinajstić information content (AvgIpc) is 2.79. The van der Waals surface area contributed by atoms with Gasteiger partial charge >= 0.3 is 0 Å². The van der Waals surface area contributed by atoms with Gasteiger partial charge in [-0.3, -0.25) is 9.59 Å². The number of likely N-dealkylation sites (tertiary alicyclic amines) is 1. The molecule has 0 saturated carbocycles. The third-order valence-electron chi connectivity index (χ3n) is 5.09. The van der Waals surface area contributed by atoms with Gasteiger partial charge in [0, 0.05) is 31.2 Å². The van der Waals surface area contributed by atoms with E-state index in [-0.39, 0.29) is 17.7 Å². The molecular weight excluding hydrogens is 394 g/mol. The van der Waals surface area contributed by atoms with Gasteiger partial charge in [-0.1, -0.05) is 6.58 Å². The number of anilines is 2. The van der Waals surface area contributed by atoms with Gasteiger partial charge < -0.3 is 20.3 Å². The summed E-state index contributed by atoms with van der Waals surface area (Å²) in [5.41, 5.74) is 0.910. The van der Waals surface area contributed by atoms with E-state index in [1.165, 1.54) is 12.4 Å². The molecule has 2 aromatic rings. The summed E-state index contributed by atoms with van der Waals surface area (Å²) in [5, 5.41) is 6.53. The van der Waals surface area contributed by atoms with E-state index in [1.54, 1.807) is 29.2 Å². The molecule has 2 N–H and O–H groups in total. The Morgan fingerprint density at radius 1 is 1.23 bits per heavy atom. The van der Waals surface area contributed by atoms with Crippen molar-refractivity contribution in [2.75, 3.05) is 36.9 Å². The van der Waals surface area contributed by atoms with Crippen molar-refractivity contribution in [3.63, 3.8) is 0 Å². The van der Waals surface area contributed by atoms with Crippen LogP contribution in [0.1, 0.15) is 42.6 Å². The van der Waals surface area contributed by atoms with Crippen molar-refractivity contribution in [1.29, 1.82) is 0 Å². The van der Waals surface area contributed by atoms with Crippen LogP contribution in [0.25, 0.3) is 0 Å². The first-order chi connectivity index (χ1) is 15.1. The summed E-state index contributed by atoms with van der Waals surface area (Å²) in [6.45, 7) is 9.84. The minimum absolute atomic E-state index is 0.0195. The van der Waals surface area contributed by atoms with Gasteiger partial charge in [-0.15, -0.1) is 0 Å². The minimum Gasteiger partial charge on any atom is -0.494 e. The topological polar surface area (TPSA) is 96.5 Å². The molecule has 0 bridgehead atoms. The van der Waals surface area contributed by atoms with Gasteiger partial charge in [0.1, 0.15) is 29.3 Å². The zero-order chi connectivity index (χ0) is 22.2. The lowest BCUT2D eigenvalue weighted by atomic mass is 10.0. The zero-order valence-corrected chi connectivity index (χ0v) is 18.1. The lowest BCUT2D eigenvalue weighted by molar-refractivity contribution is -0.127. The second-order valence-electron chi connectivity index (χ2n) is 7.23. The Morgan fingerprint density at radius 2 is 1.97 bits per heavy atom. The van der Waals surface area contributed by atoms with Crippen LogP contribution in [0.3, 0.4) is 0 Å².